The predicted molar refractivity (Wildman–Crippen MR) is 68.9 cm³/mol. The molecule has 0 saturated heterocycles. The van der Waals surface area contributed by atoms with Crippen LogP contribution in [0.15, 0.2) is 29.1 Å². The van der Waals surface area contributed by atoms with Gasteiger partial charge in [0.05, 0.1) is 16.2 Å². The van der Waals surface area contributed by atoms with Crippen LogP contribution in [0.1, 0.15) is 11.3 Å². The number of thiazole rings is 1. The van der Waals surface area contributed by atoms with Crippen LogP contribution in [0.25, 0.3) is 0 Å². The molecule has 0 aliphatic carbocycles. The zero-order valence-corrected chi connectivity index (χ0v) is 10.7. The Morgan fingerprint density at radius 3 is 3.00 bits per heavy atom. The minimum absolute atomic E-state index is 0.170. The third-order valence-corrected chi connectivity index (χ3v) is 3.28. The fourth-order valence-corrected chi connectivity index (χ4v) is 2.26. The molecule has 0 spiro atoms. The van der Waals surface area contributed by atoms with Crippen LogP contribution in [0.3, 0.4) is 0 Å². The lowest BCUT2D eigenvalue weighted by Gasteiger charge is -2.04. The van der Waals surface area contributed by atoms with Gasteiger partial charge in [0.2, 0.25) is 0 Å². The molecule has 2 rings (SSSR count). The molecule has 90 valence electrons. The van der Waals surface area contributed by atoms with Crippen molar-refractivity contribution in [1.82, 2.24) is 10.3 Å². The average molecular weight is 271 g/mol. The van der Waals surface area contributed by atoms with E-state index in [2.05, 4.69) is 10.3 Å². The molecule has 0 atom stereocenters. The first kappa shape index (κ1) is 12.5. The van der Waals surface area contributed by atoms with Crippen molar-refractivity contribution in [2.45, 2.75) is 13.0 Å². The third kappa shape index (κ3) is 3.77. The molecule has 17 heavy (non-hydrogen) atoms. The summed E-state index contributed by atoms with van der Waals surface area (Å²) in [4.78, 5) is 4.19. The molecular formula is C12H12ClFN2S. The van der Waals surface area contributed by atoms with Gasteiger partial charge >= 0.3 is 0 Å². The van der Waals surface area contributed by atoms with E-state index < -0.39 is 0 Å². The topological polar surface area (TPSA) is 24.9 Å². The fraction of sp³-hybridized carbons (Fsp3) is 0.250. The standard InChI is InChI=1S/C12H12ClFN2S/c13-11-5-9(1-2-12(11)14)6-15-4-3-10-7-17-8-16-10/h1-2,5,7-8,15H,3-4,6H2. The highest BCUT2D eigenvalue weighted by molar-refractivity contribution is 7.07. The fourth-order valence-electron chi connectivity index (χ4n) is 1.46. The van der Waals surface area contributed by atoms with Crippen LogP contribution in [0.2, 0.25) is 5.02 Å². The second-order valence-corrected chi connectivity index (χ2v) is 4.78. The van der Waals surface area contributed by atoms with Crippen LogP contribution < -0.4 is 5.32 Å². The Labute approximate surface area is 108 Å². The third-order valence-electron chi connectivity index (χ3n) is 2.35. The number of hydrogen-bond acceptors (Lipinski definition) is 3. The Morgan fingerprint density at radius 1 is 1.41 bits per heavy atom. The summed E-state index contributed by atoms with van der Waals surface area (Å²) in [5, 5.41) is 5.48. The molecule has 1 N–H and O–H groups in total. The lowest BCUT2D eigenvalue weighted by atomic mass is 10.2. The number of nitrogens with zero attached hydrogens (tertiary/aromatic N) is 1. The highest BCUT2D eigenvalue weighted by Gasteiger charge is 2.00. The first-order valence-corrected chi connectivity index (χ1v) is 6.59. The second-order valence-electron chi connectivity index (χ2n) is 3.66. The summed E-state index contributed by atoms with van der Waals surface area (Å²) < 4.78 is 12.9. The first-order valence-electron chi connectivity index (χ1n) is 5.27. The molecule has 5 heteroatoms. The number of hydrogen-bond donors (Lipinski definition) is 1. The van der Waals surface area contributed by atoms with Crippen molar-refractivity contribution < 1.29 is 4.39 Å². The first-order chi connectivity index (χ1) is 8.25. The number of benzene rings is 1. The molecule has 0 unspecified atom stereocenters. The second kappa shape index (κ2) is 6.10. The van der Waals surface area contributed by atoms with Gasteiger partial charge in [-0.25, -0.2) is 9.37 Å². The van der Waals surface area contributed by atoms with Gasteiger partial charge in [-0.1, -0.05) is 17.7 Å². The zero-order chi connectivity index (χ0) is 12.1. The van der Waals surface area contributed by atoms with Crippen LogP contribution in [0.4, 0.5) is 4.39 Å². The molecule has 0 fully saturated rings. The van der Waals surface area contributed by atoms with Crippen molar-refractivity contribution in [2.75, 3.05) is 6.54 Å². The van der Waals surface area contributed by atoms with E-state index in [0.717, 1.165) is 24.2 Å². The lowest BCUT2D eigenvalue weighted by molar-refractivity contribution is 0.625. The van der Waals surface area contributed by atoms with Crippen LogP contribution in [-0.2, 0) is 13.0 Å². The van der Waals surface area contributed by atoms with Gasteiger partial charge in [0, 0.05) is 24.9 Å². The number of nitrogens with one attached hydrogen (secondary N) is 1. The molecule has 0 saturated carbocycles. The quantitative estimate of drug-likeness (QED) is 0.844. The minimum atomic E-state index is -0.377. The summed E-state index contributed by atoms with van der Waals surface area (Å²) in [5.74, 6) is -0.377. The highest BCUT2D eigenvalue weighted by Crippen LogP contribution is 2.15. The molecule has 1 heterocycles. The van der Waals surface area contributed by atoms with Crippen molar-refractivity contribution in [3.63, 3.8) is 0 Å². The van der Waals surface area contributed by atoms with E-state index in [1.165, 1.54) is 6.07 Å². The van der Waals surface area contributed by atoms with Crippen molar-refractivity contribution in [3.05, 3.63) is 51.2 Å². The number of aromatic nitrogens is 1. The molecule has 2 nitrogen and oxygen atoms in total. The maximum atomic E-state index is 12.9. The normalized spacial score (nSPS) is 10.7. The van der Waals surface area contributed by atoms with Crippen molar-refractivity contribution in [3.8, 4) is 0 Å². The van der Waals surface area contributed by atoms with E-state index in [-0.39, 0.29) is 10.8 Å². The molecule has 1 aromatic carbocycles. The maximum Gasteiger partial charge on any atom is 0.141 e. The van der Waals surface area contributed by atoms with Gasteiger partial charge in [0.15, 0.2) is 0 Å². The van der Waals surface area contributed by atoms with Gasteiger partial charge in [-0.15, -0.1) is 11.3 Å². The summed E-state index contributed by atoms with van der Waals surface area (Å²) in [6.45, 7) is 1.53. The molecule has 2 aromatic rings. The summed E-state index contributed by atoms with van der Waals surface area (Å²) in [7, 11) is 0. The Kier molecular flexibility index (Phi) is 4.48. The van der Waals surface area contributed by atoms with Gasteiger partial charge in [-0.2, -0.15) is 0 Å². The molecule has 0 bridgehead atoms. The zero-order valence-electron chi connectivity index (χ0n) is 9.12. The number of rotatable bonds is 5. The molecule has 1 aromatic heterocycles. The van der Waals surface area contributed by atoms with Gasteiger partial charge < -0.3 is 5.32 Å². The average Bonchev–Trinajstić information content (AvgIpc) is 2.82. The van der Waals surface area contributed by atoms with E-state index in [1.54, 1.807) is 23.5 Å². The van der Waals surface area contributed by atoms with E-state index in [9.17, 15) is 4.39 Å². The Morgan fingerprint density at radius 2 is 2.29 bits per heavy atom. The van der Waals surface area contributed by atoms with Crippen molar-refractivity contribution in [2.24, 2.45) is 0 Å². The highest BCUT2D eigenvalue weighted by atomic mass is 35.5. The largest absolute Gasteiger partial charge is 0.312 e. The number of halogens is 2. The predicted octanol–water partition coefficient (Wildman–Crippen LogP) is 3.27. The molecular weight excluding hydrogens is 259 g/mol. The molecule has 0 radical (unpaired) electrons. The summed E-state index contributed by atoms with van der Waals surface area (Å²) in [5.41, 5.74) is 3.91. The lowest BCUT2D eigenvalue weighted by Crippen LogP contribution is -2.16. The maximum absolute atomic E-state index is 12.9. The van der Waals surface area contributed by atoms with Crippen LogP contribution in [0.5, 0.6) is 0 Å². The van der Waals surface area contributed by atoms with E-state index in [4.69, 9.17) is 11.6 Å². The van der Waals surface area contributed by atoms with Gasteiger partial charge in [-0.05, 0) is 17.7 Å². The molecule has 0 amide bonds. The van der Waals surface area contributed by atoms with Crippen LogP contribution in [0, 0.1) is 5.82 Å². The molecule has 0 aliphatic heterocycles. The van der Waals surface area contributed by atoms with Gasteiger partial charge in [-0.3, -0.25) is 0 Å². The monoisotopic (exact) mass is 270 g/mol. The van der Waals surface area contributed by atoms with Gasteiger partial charge in [0.1, 0.15) is 5.82 Å². The Hall–Kier alpha value is -0.970. The van der Waals surface area contributed by atoms with E-state index >= 15 is 0 Å². The minimum Gasteiger partial charge on any atom is -0.312 e. The van der Waals surface area contributed by atoms with Crippen molar-refractivity contribution >= 4 is 22.9 Å². The SMILES string of the molecule is Fc1ccc(CNCCc2cscn2)cc1Cl. The van der Waals surface area contributed by atoms with Crippen molar-refractivity contribution in [1.29, 1.82) is 0 Å². The Balaban J connectivity index is 1.76. The van der Waals surface area contributed by atoms with Gasteiger partial charge in [0.25, 0.3) is 0 Å². The van der Waals surface area contributed by atoms with Crippen LogP contribution in [-0.4, -0.2) is 11.5 Å². The Bertz CT molecular complexity index is 473. The van der Waals surface area contributed by atoms with E-state index in [1.807, 2.05) is 10.9 Å². The molecule has 0 aliphatic rings. The van der Waals surface area contributed by atoms with Crippen LogP contribution >= 0.6 is 22.9 Å². The van der Waals surface area contributed by atoms with E-state index in [0.29, 0.717) is 6.54 Å². The summed E-state index contributed by atoms with van der Waals surface area (Å²) in [6.07, 6.45) is 0.901. The summed E-state index contributed by atoms with van der Waals surface area (Å²) >= 11 is 7.30. The smallest absolute Gasteiger partial charge is 0.141 e. The summed E-state index contributed by atoms with van der Waals surface area (Å²) in [6, 6.07) is 4.77.